The minimum absolute atomic E-state index is 0.0544. The van der Waals surface area contributed by atoms with Crippen molar-refractivity contribution in [1.29, 1.82) is 0 Å². The van der Waals surface area contributed by atoms with Gasteiger partial charge in [0.1, 0.15) is 29.4 Å². The van der Waals surface area contributed by atoms with Crippen molar-refractivity contribution in [3.63, 3.8) is 0 Å². The molecule has 3 fully saturated rings. The molecule has 2 aromatic heterocycles. The Balaban J connectivity index is 0.977. The number of likely N-dealkylation sites (N-methyl/N-ethyl adjacent to an activating group) is 1. The molecule has 0 radical (unpaired) electrons. The summed E-state index contributed by atoms with van der Waals surface area (Å²) in [6, 6.07) is 22.0. The van der Waals surface area contributed by atoms with E-state index in [2.05, 4.69) is 32.3 Å². The summed E-state index contributed by atoms with van der Waals surface area (Å²) in [4.78, 5) is 77.7. The van der Waals surface area contributed by atoms with Gasteiger partial charge in [0.15, 0.2) is 11.6 Å². The molecule has 4 aliphatic heterocycles. The van der Waals surface area contributed by atoms with Gasteiger partial charge in [-0.3, -0.25) is 14.5 Å². The van der Waals surface area contributed by atoms with Crippen LogP contribution in [0.1, 0.15) is 125 Å². The number of ether oxygens (including phenoxy) is 1. The number of methoxy groups -OCH3 is 1. The van der Waals surface area contributed by atoms with Crippen LogP contribution < -0.4 is 15.1 Å². The molecule has 0 saturated carbocycles. The van der Waals surface area contributed by atoms with Crippen molar-refractivity contribution in [3.05, 3.63) is 125 Å². The highest BCUT2D eigenvalue weighted by Crippen LogP contribution is 2.49. The number of imidazole rings is 2. The zero-order chi connectivity index (χ0) is 52.8. The normalized spacial score (nSPS) is 20.9. The van der Waals surface area contributed by atoms with E-state index in [1.54, 1.807) is 14.7 Å². The topological polar surface area (TPSA) is 183 Å². The maximum atomic E-state index is 16.8. The lowest BCUT2D eigenvalue weighted by Gasteiger charge is -2.35. The molecule has 4 aromatic carbocycles. The summed E-state index contributed by atoms with van der Waals surface area (Å²) in [5.74, 6) is -0.909. The Morgan fingerprint density at radius 2 is 1.29 bits per heavy atom. The second-order valence-electron chi connectivity index (χ2n) is 21.2. The third-order valence-electron chi connectivity index (χ3n) is 15.9. The fourth-order valence-corrected chi connectivity index (χ4v) is 12.1. The smallest absolute Gasteiger partial charge is 0.407 e. The van der Waals surface area contributed by atoms with Gasteiger partial charge < -0.3 is 44.7 Å². The first kappa shape index (κ1) is 51.0. The first-order valence-corrected chi connectivity index (χ1v) is 26.3. The first-order valence-electron chi connectivity index (χ1n) is 26.3. The van der Waals surface area contributed by atoms with Crippen LogP contribution in [0, 0.1) is 23.5 Å². The molecule has 0 bridgehead atoms. The Labute approximate surface area is 435 Å². The lowest BCUT2D eigenvalue weighted by atomic mass is 9.99. The summed E-state index contributed by atoms with van der Waals surface area (Å²) < 4.78 is 38.4. The number of benzene rings is 4. The summed E-state index contributed by atoms with van der Waals surface area (Å²) in [5.41, 5.74) is 7.37. The number of hydrogen-bond acceptors (Lipinski definition) is 9. The average Bonchev–Trinajstić information content (AvgIpc) is 4.27. The fourth-order valence-electron chi connectivity index (χ4n) is 12.1. The standard InChI is InChI=1S/C57H66F2N10O6/c1-32(2)49(64-56(72)75-6)54(70)67-24-10-14-47(67)52-60-41-18-16-36(28-43(41)62-52)45-20-21-46(69(45)38-30-39(58)51(40(59)31-38)66-26-22-35(23-27-66)34-12-8-7-9-13-34)37-17-19-42-44(29-37)63-53(61-42)48-15-11-25-68(48)55(71)50(33(3)4)65(5)57(73)74/h7-9,12-13,16-19,22,28-33,45-50H,10-11,14-15,20-21,23-27H2,1-6H3,(H,60,62)(H,61,63)(H,64,72)(H,73,74)/t45-,46-,47+,48+,49+,50+/m1/s1. The van der Waals surface area contributed by atoms with Crippen molar-refractivity contribution in [3.8, 4) is 0 Å². The number of nitrogens with one attached hydrogen (secondary N) is 3. The van der Waals surface area contributed by atoms with E-state index in [1.807, 2.05) is 88.4 Å². The number of anilines is 2. The van der Waals surface area contributed by atoms with Crippen molar-refractivity contribution in [2.45, 2.75) is 109 Å². The number of carbonyl (C=O) groups excluding carboxylic acids is 3. The van der Waals surface area contributed by atoms with Gasteiger partial charge >= 0.3 is 12.2 Å². The SMILES string of the molecule is COC(=O)N[C@H](C(=O)N1CCC[C@H]1c1nc2ccc([C@H]3CC[C@H](c4ccc5nc([C@@H]6CCCN6C(=O)[C@H](C(C)C)N(C)C(=O)O)[nH]c5c4)N3c3cc(F)c(N4CC=C(c5ccccc5)CC4)c(F)c3)cc2[nH]1)C(C)C. The number of nitrogens with zero attached hydrogens (tertiary/aromatic N) is 7. The highest BCUT2D eigenvalue weighted by atomic mass is 19.1. The number of carbonyl (C=O) groups is 4. The van der Waals surface area contributed by atoms with E-state index < -0.39 is 35.9 Å². The van der Waals surface area contributed by atoms with Crippen LogP contribution in [-0.2, 0) is 14.3 Å². The summed E-state index contributed by atoms with van der Waals surface area (Å²) in [5, 5.41) is 12.5. The number of hydrogen-bond donors (Lipinski definition) is 4. The van der Waals surface area contributed by atoms with Crippen molar-refractivity contribution in [2.24, 2.45) is 11.8 Å². The molecule has 0 unspecified atom stereocenters. The van der Waals surface area contributed by atoms with E-state index in [9.17, 15) is 24.3 Å². The molecular formula is C57H66F2N10O6. The van der Waals surface area contributed by atoms with Crippen LogP contribution in [0.25, 0.3) is 27.6 Å². The number of amides is 4. The minimum atomic E-state index is -1.17. The monoisotopic (exact) mass is 1020 g/mol. The Hall–Kier alpha value is -7.50. The lowest BCUT2D eigenvalue weighted by Crippen LogP contribution is -2.51. The molecule has 18 heteroatoms. The van der Waals surface area contributed by atoms with Crippen LogP contribution in [0.5, 0.6) is 0 Å². The van der Waals surface area contributed by atoms with Gasteiger partial charge in [-0.05, 0) is 115 Å². The molecule has 4 N–H and O–H groups in total. The number of H-pyrrole nitrogens is 2. The molecule has 0 spiro atoms. The molecule has 16 nitrogen and oxygen atoms in total. The Kier molecular flexibility index (Phi) is 14.3. The summed E-state index contributed by atoms with van der Waals surface area (Å²) in [7, 11) is 2.70. The average molecular weight is 1030 g/mol. The van der Waals surface area contributed by atoms with Crippen LogP contribution in [0.3, 0.4) is 0 Å². The van der Waals surface area contributed by atoms with Gasteiger partial charge in [-0.2, -0.15) is 0 Å². The molecule has 6 aromatic rings. The van der Waals surface area contributed by atoms with E-state index in [0.29, 0.717) is 86.7 Å². The molecule has 4 aliphatic rings. The van der Waals surface area contributed by atoms with Crippen LogP contribution >= 0.6 is 0 Å². The predicted molar refractivity (Wildman–Crippen MR) is 283 cm³/mol. The highest BCUT2D eigenvalue weighted by molar-refractivity contribution is 5.87. The van der Waals surface area contributed by atoms with Gasteiger partial charge in [-0.25, -0.2) is 28.3 Å². The van der Waals surface area contributed by atoms with Gasteiger partial charge in [-0.15, -0.1) is 0 Å². The quantitative estimate of drug-likeness (QED) is 0.0868. The number of aromatic amines is 2. The van der Waals surface area contributed by atoms with E-state index in [-0.39, 0.29) is 53.5 Å². The highest BCUT2D eigenvalue weighted by Gasteiger charge is 2.42. The van der Waals surface area contributed by atoms with Crippen molar-refractivity contribution in [1.82, 2.24) is 40.0 Å². The second kappa shape index (κ2) is 21.0. The number of carboxylic acid groups (broad SMARTS) is 1. The van der Waals surface area contributed by atoms with Crippen LogP contribution in [0.2, 0.25) is 0 Å². The largest absolute Gasteiger partial charge is 0.465 e. The minimum Gasteiger partial charge on any atom is -0.465 e. The number of rotatable bonds is 13. The molecule has 4 amide bonds. The summed E-state index contributed by atoms with van der Waals surface area (Å²) >= 11 is 0. The number of likely N-dealkylation sites (tertiary alicyclic amines) is 2. The second-order valence-corrected chi connectivity index (χ2v) is 21.2. The van der Waals surface area contributed by atoms with Crippen molar-refractivity contribution >= 4 is 63.0 Å². The van der Waals surface area contributed by atoms with Gasteiger partial charge in [0.25, 0.3) is 0 Å². The van der Waals surface area contributed by atoms with E-state index in [1.165, 1.54) is 26.3 Å². The fraction of sp³-hybridized carbons (Fsp3) is 0.439. The molecule has 6 heterocycles. The van der Waals surface area contributed by atoms with Gasteiger partial charge in [0, 0.05) is 38.9 Å². The van der Waals surface area contributed by atoms with Gasteiger partial charge in [0.05, 0.1) is 53.3 Å². The van der Waals surface area contributed by atoms with E-state index in [4.69, 9.17) is 14.7 Å². The van der Waals surface area contributed by atoms with Gasteiger partial charge in [-0.1, -0.05) is 76.2 Å². The first-order chi connectivity index (χ1) is 36.1. The zero-order valence-electron chi connectivity index (χ0n) is 43.4. The molecule has 3 saturated heterocycles. The maximum absolute atomic E-state index is 16.8. The molecule has 6 atom stereocenters. The number of alkyl carbamates (subject to hydrolysis) is 1. The third-order valence-corrected chi connectivity index (χ3v) is 15.9. The number of halogens is 2. The maximum Gasteiger partial charge on any atom is 0.407 e. The summed E-state index contributed by atoms with van der Waals surface area (Å²) in [6.45, 7) is 9.27. The summed E-state index contributed by atoms with van der Waals surface area (Å²) in [6.07, 6.45) is 5.03. The molecule has 10 rings (SSSR count). The number of fused-ring (bicyclic) bond motifs is 2. The third kappa shape index (κ3) is 9.86. The van der Waals surface area contributed by atoms with E-state index in [0.717, 1.165) is 51.0 Å². The van der Waals surface area contributed by atoms with Crippen LogP contribution in [-0.4, -0.2) is 116 Å². The molecular weight excluding hydrogens is 959 g/mol. The molecule has 394 valence electrons. The molecule has 75 heavy (non-hydrogen) atoms. The Morgan fingerprint density at radius 3 is 1.79 bits per heavy atom. The predicted octanol–water partition coefficient (Wildman–Crippen LogP) is 10.4. The molecule has 0 aliphatic carbocycles. The Morgan fingerprint density at radius 1 is 0.733 bits per heavy atom. The van der Waals surface area contributed by atoms with Crippen molar-refractivity contribution < 1.29 is 37.8 Å². The zero-order valence-corrected chi connectivity index (χ0v) is 43.4. The van der Waals surface area contributed by atoms with Crippen molar-refractivity contribution in [2.75, 3.05) is 50.1 Å². The van der Waals surface area contributed by atoms with Crippen LogP contribution in [0.4, 0.5) is 29.7 Å². The lowest BCUT2D eigenvalue weighted by molar-refractivity contribution is -0.138. The Bertz CT molecular complexity index is 3130. The van der Waals surface area contributed by atoms with E-state index >= 15 is 8.78 Å². The van der Waals surface area contributed by atoms with Crippen LogP contribution in [0.15, 0.2) is 84.9 Å². The number of aromatic nitrogens is 4. The van der Waals surface area contributed by atoms with Gasteiger partial charge in [0.2, 0.25) is 11.8 Å².